The van der Waals surface area contributed by atoms with Crippen molar-refractivity contribution in [2.75, 3.05) is 0 Å². The van der Waals surface area contributed by atoms with E-state index in [1.807, 2.05) is 6.92 Å². The van der Waals surface area contributed by atoms with E-state index in [0.717, 1.165) is 6.42 Å². The normalized spacial score (nSPS) is 4.00. The van der Waals surface area contributed by atoms with Crippen LogP contribution < -0.4 is 0 Å². The molecule has 0 unspecified atom stereocenters. The van der Waals surface area contributed by atoms with Crippen LogP contribution in [0.2, 0.25) is 0 Å². The molecular weight excluding hydrogens is 245 g/mol. The molecule has 1 nitrogen and oxygen atoms in total. The first-order valence-corrected chi connectivity index (χ1v) is 1.52. The summed E-state index contributed by atoms with van der Waals surface area (Å²) in [6, 6.07) is 0. The van der Waals surface area contributed by atoms with Crippen molar-refractivity contribution in [1.82, 2.24) is 0 Å². The molecule has 0 fully saturated rings. The summed E-state index contributed by atoms with van der Waals surface area (Å²) in [5, 5.41) is 6.75. The van der Waals surface area contributed by atoms with E-state index in [9.17, 15) is 0 Å². The molecule has 0 bridgehead atoms. The quantitative estimate of drug-likeness (QED) is 0.648. The molecule has 0 amide bonds. The van der Waals surface area contributed by atoms with Crippen molar-refractivity contribution in [3.8, 4) is 0 Å². The summed E-state index contributed by atoms with van der Waals surface area (Å²) in [7, 11) is 2.25. The predicted molar refractivity (Wildman–Crippen MR) is 22.9 cm³/mol. The Balaban J connectivity index is -0.0000000275. The van der Waals surface area contributed by atoms with Gasteiger partial charge in [-0.1, -0.05) is 6.92 Å². The number of aliphatic hydroxyl groups is 1. The van der Waals surface area contributed by atoms with Crippen molar-refractivity contribution in [1.29, 1.82) is 0 Å². The summed E-state index contributed by atoms with van der Waals surface area (Å²) < 4.78 is 0. The van der Waals surface area contributed by atoms with Crippen LogP contribution >= 0.6 is 0 Å². The molecule has 0 aromatic heterocycles. The third kappa shape index (κ3) is 131. The van der Waals surface area contributed by atoms with E-state index in [4.69, 9.17) is 5.11 Å². The van der Waals surface area contributed by atoms with E-state index in [1.54, 1.807) is 0 Å². The van der Waals surface area contributed by atoms with Crippen LogP contribution in [0.4, 0.5) is 0 Å². The molecule has 0 rings (SSSR count). The van der Waals surface area contributed by atoms with E-state index >= 15 is 0 Å². The third-order valence-corrected chi connectivity index (χ3v) is 0. The van der Waals surface area contributed by atoms with Gasteiger partial charge in [0.05, 0.1) is 0 Å². The van der Waals surface area contributed by atoms with Gasteiger partial charge in [0.25, 0.3) is 0 Å². The monoisotopic (exact) mass is 255 g/mol. The van der Waals surface area contributed by atoms with Gasteiger partial charge in [-0.2, -0.15) is 6.42 Å². The van der Waals surface area contributed by atoms with Gasteiger partial charge in [-0.3, -0.25) is 0 Å². The summed E-state index contributed by atoms with van der Waals surface area (Å²) in [6.45, 7) is 5.50. The molecule has 0 atom stereocenters. The van der Waals surface area contributed by atoms with Crippen molar-refractivity contribution in [2.24, 2.45) is 0 Å². The van der Waals surface area contributed by atoms with Crippen LogP contribution in [-0.2, 0) is 22.4 Å². The summed E-state index contributed by atoms with van der Waals surface area (Å²) >= 11 is 0. The molecule has 0 spiro atoms. The number of rotatable bonds is 0. The standard InChI is InChI=1S/C3H7.CH3O.Ta/c1-3-2;1-2;/h1,3H2,2H3;2H,1H2;/q2*-1;+2. The van der Waals surface area contributed by atoms with Crippen LogP contribution in [-0.4, -0.2) is 5.11 Å². The molecule has 0 saturated carbocycles. The van der Waals surface area contributed by atoms with Crippen LogP contribution in [0.3, 0.4) is 0 Å². The van der Waals surface area contributed by atoms with Gasteiger partial charge in [0.2, 0.25) is 0 Å². The van der Waals surface area contributed by atoms with Crippen LogP contribution in [0.15, 0.2) is 0 Å². The van der Waals surface area contributed by atoms with Crippen LogP contribution in [0.5, 0.6) is 0 Å². The topological polar surface area (TPSA) is 20.2 Å². The van der Waals surface area contributed by atoms with Crippen LogP contribution in [0, 0.1) is 14.0 Å². The molecule has 0 aliphatic heterocycles. The van der Waals surface area contributed by atoms with Crippen LogP contribution in [0.25, 0.3) is 0 Å². The Labute approximate surface area is 55.3 Å². The zero-order valence-electron chi connectivity index (χ0n) is 4.02. The minimum atomic E-state index is 0. The average Bonchev–Trinajstić information content (AvgIpc) is 1.46. The molecule has 2 heteroatoms. The second-order valence-electron chi connectivity index (χ2n) is 0.500. The van der Waals surface area contributed by atoms with Gasteiger partial charge < -0.3 is 12.0 Å². The first-order chi connectivity index (χ1) is 2.41. The smallest absolute Gasteiger partial charge is 0.569 e. The van der Waals surface area contributed by atoms with Crippen molar-refractivity contribution < 1.29 is 27.5 Å². The van der Waals surface area contributed by atoms with Gasteiger partial charge in [-0.15, -0.1) is 0 Å². The summed E-state index contributed by atoms with van der Waals surface area (Å²) in [4.78, 5) is 0. The Hall–Kier alpha value is 0.700. The van der Waals surface area contributed by atoms with Crippen molar-refractivity contribution in [3.05, 3.63) is 14.0 Å². The molecule has 1 radical (unpaired) electrons. The van der Waals surface area contributed by atoms with Gasteiger partial charge >= 0.3 is 22.4 Å². The van der Waals surface area contributed by atoms with Crippen molar-refractivity contribution >= 4 is 0 Å². The molecule has 0 aliphatic rings. The Morgan fingerprint density at radius 2 is 1.50 bits per heavy atom. The second-order valence-corrected chi connectivity index (χ2v) is 0.500. The van der Waals surface area contributed by atoms with E-state index < -0.39 is 0 Å². The first kappa shape index (κ1) is 15.9. The summed E-state index contributed by atoms with van der Waals surface area (Å²) in [5.41, 5.74) is 0. The SMILES string of the molecule is [CH2-]CC.[CH2-]O.[Ta+2]. The fourth-order valence-corrected chi connectivity index (χ4v) is 0. The van der Waals surface area contributed by atoms with E-state index in [2.05, 4.69) is 14.0 Å². The van der Waals surface area contributed by atoms with Crippen molar-refractivity contribution in [3.63, 3.8) is 0 Å². The Bertz CT molecular complexity index is 7.51. The molecule has 6 heavy (non-hydrogen) atoms. The van der Waals surface area contributed by atoms with E-state index in [1.165, 1.54) is 0 Å². The second kappa shape index (κ2) is 43.6. The van der Waals surface area contributed by atoms with Gasteiger partial charge in [0.15, 0.2) is 0 Å². The van der Waals surface area contributed by atoms with Gasteiger partial charge in [0.1, 0.15) is 0 Å². The summed E-state index contributed by atoms with van der Waals surface area (Å²) in [6.07, 6.45) is 1.00. The molecule has 37 valence electrons. The maximum absolute atomic E-state index is 6.75. The number of aliphatic hydroxyl groups excluding tert-OH is 1. The fraction of sp³-hybridized carbons (Fsp3) is 0.500. The molecule has 0 aromatic rings. The average molecular weight is 255 g/mol. The number of hydrogen-bond donors (Lipinski definition) is 1. The first-order valence-electron chi connectivity index (χ1n) is 1.52. The van der Waals surface area contributed by atoms with E-state index in [-0.39, 0.29) is 22.4 Å². The largest absolute Gasteiger partial charge is 2.00 e. The molecular formula is C4H10OTa. The van der Waals surface area contributed by atoms with Gasteiger partial charge in [-0.05, 0) is 0 Å². The van der Waals surface area contributed by atoms with Gasteiger partial charge in [-0.25, -0.2) is 7.11 Å². The minimum absolute atomic E-state index is 0. The maximum atomic E-state index is 6.75. The maximum Gasteiger partial charge on any atom is 2.00 e. The Kier molecular flexibility index (Phi) is 115. The Morgan fingerprint density at radius 3 is 1.50 bits per heavy atom. The summed E-state index contributed by atoms with van der Waals surface area (Å²) in [5.74, 6) is 0. The van der Waals surface area contributed by atoms with Crippen LogP contribution in [0.1, 0.15) is 13.3 Å². The van der Waals surface area contributed by atoms with E-state index in [0.29, 0.717) is 0 Å². The third-order valence-electron chi connectivity index (χ3n) is 0. The molecule has 0 aliphatic carbocycles. The fourth-order valence-electron chi connectivity index (χ4n) is 0. The van der Waals surface area contributed by atoms with Crippen molar-refractivity contribution in [2.45, 2.75) is 13.3 Å². The molecule has 0 aromatic carbocycles. The molecule has 1 N–H and O–H groups in total. The molecule has 0 heterocycles. The predicted octanol–water partition coefficient (Wildman–Crippen LogP) is 1.38. The minimum Gasteiger partial charge on any atom is -0.569 e. The molecule has 0 saturated heterocycles. The Morgan fingerprint density at radius 1 is 1.50 bits per heavy atom. The zero-order chi connectivity index (χ0) is 4.71. The zero-order valence-corrected chi connectivity index (χ0v) is 7.23. The number of hydrogen-bond acceptors (Lipinski definition) is 1. The van der Waals surface area contributed by atoms with Gasteiger partial charge in [0, 0.05) is 0 Å².